The van der Waals surface area contributed by atoms with Crippen molar-refractivity contribution in [3.8, 4) is 0 Å². The Morgan fingerprint density at radius 3 is 2.00 bits per heavy atom. The average molecular weight is 230 g/mol. The SMILES string of the molecule is C/C(=N\N(C)C)c1ccc(C(F)(F)F)cc1. The molecule has 5 heteroatoms. The molecule has 0 amide bonds. The van der Waals surface area contributed by atoms with Gasteiger partial charge in [-0.3, -0.25) is 0 Å². The van der Waals surface area contributed by atoms with Crippen LogP contribution in [0.2, 0.25) is 0 Å². The highest BCUT2D eigenvalue weighted by Gasteiger charge is 2.29. The van der Waals surface area contributed by atoms with E-state index in [0.29, 0.717) is 11.3 Å². The molecule has 2 nitrogen and oxygen atoms in total. The van der Waals surface area contributed by atoms with Crippen LogP contribution in [0.1, 0.15) is 18.1 Å². The molecular formula is C11H13F3N2. The normalized spacial score (nSPS) is 12.8. The number of alkyl halides is 3. The van der Waals surface area contributed by atoms with Gasteiger partial charge in [0.2, 0.25) is 0 Å². The van der Waals surface area contributed by atoms with Gasteiger partial charge >= 0.3 is 6.18 Å². The zero-order chi connectivity index (χ0) is 12.3. The summed E-state index contributed by atoms with van der Waals surface area (Å²) in [6.45, 7) is 1.75. The molecule has 0 aliphatic carbocycles. The molecule has 0 aliphatic rings. The second-order valence-electron chi connectivity index (χ2n) is 3.61. The maximum Gasteiger partial charge on any atom is 0.416 e. The van der Waals surface area contributed by atoms with Crippen LogP contribution in [0.15, 0.2) is 29.4 Å². The summed E-state index contributed by atoms with van der Waals surface area (Å²) >= 11 is 0. The van der Waals surface area contributed by atoms with E-state index >= 15 is 0 Å². The zero-order valence-electron chi connectivity index (χ0n) is 9.34. The molecule has 0 bridgehead atoms. The minimum atomic E-state index is -4.29. The molecule has 0 unspecified atom stereocenters. The molecule has 0 fully saturated rings. The summed E-state index contributed by atoms with van der Waals surface area (Å²) in [5, 5.41) is 5.71. The summed E-state index contributed by atoms with van der Waals surface area (Å²) in [4.78, 5) is 0. The topological polar surface area (TPSA) is 15.6 Å². The molecule has 1 rings (SSSR count). The van der Waals surface area contributed by atoms with E-state index in [-0.39, 0.29) is 0 Å². The Labute approximate surface area is 92.4 Å². The molecule has 0 atom stereocenters. The van der Waals surface area contributed by atoms with E-state index in [1.165, 1.54) is 12.1 Å². The van der Waals surface area contributed by atoms with Gasteiger partial charge < -0.3 is 5.01 Å². The molecule has 0 N–H and O–H groups in total. The van der Waals surface area contributed by atoms with Crippen molar-refractivity contribution in [2.45, 2.75) is 13.1 Å². The molecule has 0 aromatic heterocycles. The van der Waals surface area contributed by atoms with Crippen LogP contribution in [0.3, 0.4) is 0 Å². The predicted molar refractivity (Wildman–Crippen MR) is 57.3 cm³/mol. The smallest absolute Gasteiger partial charge is 0.303 e. The van der Waals surface area contributed by atoms with Crippen LogP contribution in [0, 0.1) is 0 Å². The molecular weight excluding hydrogens is 217 g/mol. The molecule has 1 aromatic carbocycles. The van der Waals surface area contributed by atoms with Gasteiger partial charge in [0.25, 0.3) is 0 Å². The van der Waals surface area contributed by atoms with Gasteiger partial charge in [0.15, 0.2) is 0 Å². The first-order chi connectivity index (χ1) is 7.30. The van der Waals surface area contributed by atoms with Crippen LogP contribution in [-0.4, -0.2) is 24.8 Å². The van der Waals surface area contributed by atoms with Gasteiger partial charge in [0.05, 0.1) is 11.3 Å². The second-order valence-corrected chi connectivity index (χ2v) is 3.61. The Morgan fingerprint density at radius 2 is 1.62 bits per heavy atom. The standard InChI is InChI=1S/C11H13F3N2/c1-8(15-16(2)3)9-4-6-10(7-5-9)11(12,13)14/h4-7H,1-3H3/b15-8+. The lowest BCUT2D eigenvalue weighted by Crippen LogP contribution is -2.08. The van der Waals surface area contributed by atoms with Gasteiger partial charge in [-0.25, -0.2) is 0 Å². The fraction of sp³-hybridized carbons (Fsp3) is 0.364. The monoisotopic (exact) mass is 230 g/mol. The summed E-state index contributed by atoms with van der Waals surface area (Å²) < 4.78 is 36.9. The predicted octanol–water partition coefficient (Wildman–Crippen LogP) is 2.99. The van der Waals surface area contributed by atoms with Crippen LogP contribution < -0.4 is 0 Å². The third-order valence-electron chi connectivity index (χ3n) is 1.98. The minimum absolute atomic E-state index is 0.645. The third kappa shape index (κ3) is 3.25. The highest BCUT2D eigenvalue weighted by molar-refractivity contribution is 5.98. The summed E-state index contributed by atoms with van der Waals surface area (Å²) in [6.07, 6.45) is -4.29. The number of hydrazone groups is 1. The summed E-state index contributed by atoms with van der Waals surface area (Å²) in [5.41, 5.74) is 0.717. The van der Waals surface area contributed by atoms with Crippen molar-refractivity contribution in [1.82, 2.24) is 5.01 Å². The van der Waals surface area contributed by atoms with Gasteiger partial charge in [-0.2, -0.15) is 18.3 Å². The highest BCUT2D eigenvalue weighted by atomic mass is 19.4. The lowest BCUT2D eigenvalue weighted by Gasteiger charge is -2.09. The number of halogens is 3. The van der Waals surface area contributed by atoms with Gasteiger partial charge in [0, 0.05) is 14.1 Å². The Bertz CT molecular complexity index is 377. The molecule has 0 heterocycles. The van der Waals surface area contributed by atoms with E-state index in [1.807, 2.05) is 0 Å². The highest BCUT2D eigenvalue weighted by Crippen LogP contribution is 2.29. The van der Waals surface area contributed by atoms with Gasteiger partial charge in [-0.1, -0.05) is 12.1 Å². The lowest BCUT2D eigenvalue weighted by molar-refractivity contribution is -0.137. The Morgan fingerprint density at radius 1 is 1.12 bits per heavy atom. The molecule has 0 spiro atoms. The number of hydrogen-bond donors (Lipinski definition) is 0. The fourth-order valence-electron chi connectivity index (χ4n) is 1.26. The third-order valence-corrected chi connectivity index (χ3v) is 1.98. The van der Waals surface area contributed by atoms with Crippen molar-refractivity contribution in [3.63, 3.8) is 0 Å². The number of nitrogens with zero attached hydrogens (tertiary/aromatic N) is 2. The molecule has 16 heavy (non-hydrogen) atoms. The molecule has 0 saturated carbocycles. The first-order valence-corrected chi connectivity index (χ1v) is 4.71. The summed E-state index contributed by atoms with van der Waals surface area (Å²) in [5.74, 6) is 0. The Hall–Kier alpha value is -1.52. The van der Waals surface area contributed by atoms with Crippen molar-refractivity contribution >= 4 is 5.71 Å². The van der Waals surface area contributed by atoms with Crippen LogP contribution >= 0.6 is 0 Å². The molecule has 1 aromatic rings. The molecule has 88 valence electrons. The molecule has 0 radical (unpaired) electrons. The lowest BCUT2D eigenvalue weighted by atomic mass is 10.1. The summed E-state index contributed by atoms with van der Waals surface area (Å²) in [6, 6.07) is 4.96. The number of benzene rings is 1. The van der Waals surface area contributed by atoms with Crippen molar-refractivity contribution in [2.24, 2.45) is 5.10 Å². The first kappa shape index (κ1) is 12.5. The van der Waals surface area contributed by atoms with E-state index in [0.717, 1.165) is 12.1 Å². The average Bonchev–Trinajstić information content (AvgIpc) is 2.15. The van der Waals surface area contributed by atoms with E-state index in [4.69, 9.17) is 0 Å². The van der Waals surface area contributed by atoms with Crippen LogP contribution in [-0.2, 0) is 6.18 Å². The van der Waals surface area contributed by atoms with E-state index in [9.17, 15) is 13.2 Å². The maximum absolute atomic E-state index is 12.3. The van der Waals surface area contributed by atoms with Crippen LogP contribution in [0.25, 0.3) is 0 Å². The molecule has 0 aliphatic heterocycles. The van der Waals surface area contributed by atoms with Crippen LogP contribution in [0.4, 0.5) is 13.2 Å². The van der Waals surface area contributed by atoms with E-state index in [1.54, 1.807) is 26.0 Å². The second kappa shape index (κ2) is 4.55. The summed E-state index contributed by atoms with van der Waals surface area (Å²) in [7, 11) is 3.52. The minimum Gasteiger partial charge on any atom is -0.303 e. The first-order valence-electron chi connectivity index (χ1n) is 4.71. The molecule has 0 saturated heterocycles. The van der Waals surface area contributed by atoms with Crippen molar-refractivity contribution in [3.05, 3.63) is 35.4 Å². The van der Waals surface area contributed by atoms with Crippen molar-refractivity contribution in [1.29, 1.82) is 0 Å². The number of hydrogen-bond acceptors (Lipinski definition) is 2. The van der Waals surface area contributed by atoms with Crippen molar-refractivity contribution in [2.75, 3.05) is 14.1 Å². The maximum atomic E-state index is 12.3. The number of rotatable bonds is 2. The van der Waals surface area contributed by atoms with E-state index in [2.05, 4.69) is 5.10 Å². The Balaban J connectivity index is 2.96. The van der Waals surface area contributed by atoms with Gasteiger partial charge in [0.1, 0.15) is 0 Å². The van der Waals surface area contributed by atoms with Gasteiger partial charge in [-0.15, -0.1) is 0 Å². The van der Waals surface area contributed by atoms with Crippen molar-refractivity contribution < 1.29 is 13.2 Å². The van der Waals surface area contributed by atoms with Gasteiger partial charge in [-0.05, 0) is 24.6 Å². The quantitative estimate of drug-likeness (QED) is 0.563. The fourth-order valence-corrected chi connectivity index (χ4v) is 1.26. The zero-order valence-corrected chi connectivity index (χ0v) is 9.34. The van der Waals surface area contributed by atoms with E-state index < -0.39 is 11.7 Å². The Kier molecular flexibility index (Phi) is 3.57. The van der Waals surface area contributed by atoms with Crippen LogP contribution in [0.5, 0.6) is 0 Å². The largest absolute Gasteiger partial charge is 0.416 e.